The molecule has 3 amide bonds. The number of urea groups is 1. The minimum atomic E-state index is -0.820. The Balaban J connectivity index is 1.39. The van der Waals surface area contributed by atoms with Crippen LogP contribution in [0, 0.1) is 0 Å². The highest BCUT2D eigenvalue weighted by molar-refractivity contribution is 7.09. The average molecular weight is 428 g/mol. The lowest BCUT2D eigenvalue weighted by atomic mass is 10.2. The molecule has 2 N–H and O–H groups in total. The van der Waals surface area contributed by atoms with Crippen molar-refractivity contribution in [3.63, 3.8) is 0 Å². The van der Waals surface area contributed by atoms with Gasteiger partial charge in [-0.15, -0.1) is 11.3 Å². The molecule has 0 fully saturated rings. The topological polar surface area (TPSA) is 107 Å². The summed E-state index contributed by atoms with van der Waals surface area (Å²) in [5.41, 5.74) is 0.482. The number of thiophene rings is 1. The molecule has 0 radical (unpaired) electrons. The first-order valence-corrected chi connectivity index (χ1v) is 10.0. The normalized spacial score (nSPS) is 10.3. The molecule has 2 heterocycles. The first-order valence-electron chi connectivity index (χ1n) is 9.13. The molecule has 3 rings (SSSR count). The third-order valence-electron chi connectivity index (χ3n) is 3.89. The van der Waals surface area contributed by atoms with Gasteiger partial charge in [0.2, 0.25) is 5.76 Å². The van der Waals surface area contributed by atoms with Gasteiger partial charge in [-0.25, -0.2) is 9.59 Å². The first-order chi connectivity index (χ1) is 14.6. The summed E-state index contributed by atoms with van der Waals surface area (Å²) in [5, 5.41) is 6.62. The Labute approximate surface area is 176 Å². The Kier molecular flexibility index (Phi) is 7.62. The van der Waals surface area contributed by atoms with Crippen LogP contribution in [0.5, 0.6) is 5.75 Å². The molecule has 0 aliphatic carbocycles. The summed E-state index contributed by atoms with van der Waals surface area (Å²) in [6.45, 7) is -0.128. The zero-order chi connectivity index (χ0) is 21.2. The molecule has 0 spiro atoms. The van der Waals surface area contributed by atoms with Gasteiger partial charge in [0.15, 0.2) is 6.61 Å². The summed E-state index contributed by atoms with van der Waals surface area (Å²) < 4.78 is 15.7. The van der Waals surface area contributed by atoms with Crippen LogP contribution in [-0.2, 0) is 22.6 Å². The number of ether oxygens (including phenoxy) is 2. The molecule has 0 unspecified atom stereocenters. The van der Waals surface area contributed by atoms with E-state index in [1.807, 2.05) is 35.7 Å². The van der Waals surface area contributed by atoms with Crippen molar-refractivity contribution in [1.82, 2.24) is 10.6 Å². The minimum absolute atomic E-state index is 0.0564. The number of carbonyl (C=O) groups is 3. The van der Waals surface area contributed by atoms with Crippen molar-refractivity contribution in [1.29, 1.82) is 0 Å². The van der Waals surface area contributed by atoms with Crippen molar-refractivity contribution in [3.8, 4) is 5.75 Å². The molecule has 9 heteroatoms. The van der Waals surface area contributed by atoms with E-state index in [4.69, 9.17) is 13.9 Å². The molecule has 0 aliphatic heterocycles. The number of carbonyl (C=O) groups excluding carboxylic acids is 3. The van der Waals surface area contributed by atoms with Crippen molar-refractivity contribution in [2.45, 2.75) is 13.0 Å². The second kappa shape index (κ2) is 10.8. The lowest BCUT2D eigenvalue weighted by molar-refractivity contribution is -0.123. The van der Waals surface area contributed by atoms with Crippen molar-refractivity contribution in [3.05, 3.63) is 76.4 Å². The SMILES string of the molecule is O=C(COC(=O)c1occc1COc1ccccc1)NC(=O)NCCc1cccs1. The fourth-order valence-corrected chi connectivity index (χ4v) is 3.17. The molecule has 0 aliphatic rings. The first kappa shape index (κ1) is 21.1. The van der Waals surface area contributed by atoms with Gasteiger partial charge < -0.3 is 19.2 Å². The molecule has 156 valence electrons. The largest absolute Gasteiger partial charge is 0.489 e. The highest BCUT2D eigenvalue weighted by Gasteiger charge is 2.19. The van der Waals surface area contributed by atoms with Crippen LogP contribution in [0.4, 0.5) is 4.79 Å². The van der Waals surface area contributed by atoms with E-state index in [9.17, 15) is 14.4 Å². The molecule has 2 aromatic heterocycles. The maximum absolute atomic E-state index is 12.2. The molecule has 0 atom stereocenters. The average Bonchev–Trinajstić information content (AvgIpc) is 3.43. The predicted molar refractivity (Wildman–Crippen MR) is 109 cm³/mol. The smallest absolute Gasteiger partial charge is 0.375 e. The number of furan rings is 1. The Hall–Kier alpha value is -3.59. The summed E-state index contributed by atoms with van der Waals surface area (Å²) in [7, 11) is 0. The maximum atomic E-state index is 12.2. The van der Waals surface area contributed by atoms with E-state index in [1.54, 1.807) is 29.5 Å². The molecule has 1 aromatic carbocycles. The number of imide groups is 1. The van der Waals surface area contributed by atoms with E-state index in [0.717, 1.165) is 4.88 Å². The van der Waals surface area contributed by atoms with E-state index < -0.39 is 24.5 Å². The lowest BCUT2D eigenvalue weighted by Gasteiger charge is -2.08. The monoisotopic (exact) mass is 428 g/mol. The summed E-state index contributed by atoms with van der Waals surface area (Å²) >= 11 is 1.59. The molecule has 0 saturated heterocycles. The van der Waals surface area contributed by atoms with Gasteiger partial charge in [-0.3, -0.25) is 10.1 Å². The second-order valence-electron chi connectivity index (χ2n) is 6.09. The number of esters is 1. The third-order valence-corrected chi connectivity index (χ3v) is 4.83. The van der Waals surface area contributed by atoms with E-state index in [0.29, 0.717) is 24.3 Å². The van der Waals surface area contributed by atoms with Gasteiger partial charge in [0, 0.05) is 17.0 Å². The fourth-order valence-electron chi connectivity index (χ4n) is 2.46. The summed E-state index contributed by atoms with van der Waals surface area (Å²) in [6.07, 6.45) is 2.00. The molecule has 0 saturated carbocycles. The van der Waals surface area contributed by atoms with E-state index >= 15 is 0 Å². The number of amides is 3. The lowest BCUT2D eigenvalue weighted by Crippen LogP contribution is -2.42. The highest BCUT2D eigenvalue weighted by atomic mass is 32.1. The highest BCUT2D eigenvalue weighted by Crippen LogP contribution is 2.16. The summed E-state index contributed by atoms with van der Waals surface area (Å²) in [5.74, 6) is -0.979. The fraction of sp³-hybridized carbons (Fsp3) is 0.190. The zero-order valence-electron chi connectivity index (χ0n) is 16.0. The molecule has 8 nitrogen and oxygen atoms in total. The Bertz CT molecular complexity index is 969. The van der Waals surface area contributed by atoms with Crippen molar-refractivity contribution in [2.24, 2.45) is 0 Å². The van der Waals surface area contributed by atoms with Crippen molar-refractivity contribution < 1.29 is 28.3 Å². The van der Waals surface area contributed by atoms with E-state index in [-0.39, 0.29) is 12.4 Å². The quantitative estimate of drug-likeness (QED) is 0.507. The van der Waals surface area contributed by atoms with Gasteiger partial charge in [-0.2, -0.15) is 0 Å². The maximum Gasteiger partial charge on any atom is 0.375 e. The number of benzene rings is 1. The van der Waals surface area contributed by atoms with Crippen LogP contribution in [0.1, 0.15) is 21.0 Å². The molecule has 30 heavy (non-hydrogen) atoms. The summed E-state index contributed by atoms with van der Waals surface area (Å²) in [4.78, 5) is 36.8. The number of para-hydroxylation sites is 1. The van der Waals surface area contributed by atoms with Crippen LogP contribution in [0.3, 0.4) is 0 Å². The van der Waals surface area contributed by atoms with Crippen molar-refractivity contribution in [2.75, 3.05) is 13.2 Å². The van der Waals surface area contributed by atoms with Gasteiger partial charge in [-0.05, 0) is 36.1 Å². The molecule has 0 bridgehead atoms. The Morgan fingerprint density at radius 1 is 1.03 bits per heavy atom. The van der Waals surface area contributed by atoms with Crippen LogP contribution in [-0.4, -0.2) is 31.1 Å². The van der Waals surface area contributed by atoms with Gasteiger partial charge in [0.05, 0.1) is 6.26 Å². The van der Waals surface area contributed by atoms with Crippen LogP contribution in [0.25, 0.3) is 0 Å². The minimum Gasteiger partial charge on any atom is -0.489 e. The van der Waals surface area contributed by atoms with Crippen LogP contribution in [0.15, 0.2) is 64.6 Å². The number of rotatable bonds is 9. The van der Waals surface area contributed by atoms with Crippen LogP contribution >= 0.6 is 11.3 Å². The third kappa shape index (κ3) is 6.49. The van der Waals surface area contributed by atoms with Crippen molar-refractivity contribution >= 4 is 29.2 Å². The Morgan fingerprint density at radius 2 is 1.87 bits per heavy atom. The number of hydrogen-bond donors (Lipinski definition) is 2. The number of nitrogens with one attached hydrogen (secondary N) is 2. The molecular formula is C21H20N2O6S. The Morgan fingerprint density at radius 3 is 2.63 bits per heavy atom. The summed E-state index contributed by atoms with van der Waals surface area (Å²) in [6, 6.07) is 13.9. The van der Waals surface area contributed by atoms with Crippen LogP contribution in [0.2, 0.25) is 0 Å². The second-order valence-corrected chi connectivity index (χ2v) is 7.12. The predicted octanol–water partition coefficient (Wildman–Crippen LogP) is 3.15. The molecular weight excluding hydrogens is 408 g/mol. The van der Waals surface area contributed by atoms with Gasteiger partial charge in [-0.1, -0.05) is 24.3 Å². The van der Waals surface area contributed by atoms with E-state index in [2.05, 4.69) is 10.6 Å². The van der Waals surface area contributed by atoms with Gasteiger partial charge >= 0.3 is 12.0 Å². The van der Waals surface area contributed by atoms with Crippen LogP contribution < -0.4 is 15.4 Å². The van der Waals surface area contributed by atoms with Gasteiger partial charge in [0.25, 0.3) is 5.91 Å². The zero-order valence-corrected chi connectivity index (χ0v) is 16.8. The molecule has 3 aromatic rings. The van der Waals surface area contributed by atoms with Gasteiger partial charge in [0.1, 0.15) is 12.4 Å². The number of hydrogen-bond acceptors (Lipinski definition) is 7. The standard InChI is InChI=1S/C21H20N2O6S/c24-18(23-21(26)22-10-8-17-7-4-12-30-17)14-29-20(25)19-15(9-11-27-19)13-28-16-5-2-1-3-6-16/h1-7,9,11-12H,8,10,13-14H2,(H2,22,23,24,26). The van der Waals surface area contributed by atoms with E-state index in [1.165, 1.54) is 6.26 Å².